The summed E-state index contributed by atoms with van der Waals surface area (Å²) in [4.78, 5) is 0. The van der Waals surface area contributed by atoms with Gasteiger partial charge in [-0.1, -0.05) is 0 Å². The van der Waals surface area contributed by atoms with E-state index < -0.39 is 0 Å². The molecule has 0 aliphatic rings. The van der Waals surface area contributed by atoms with E-state index in [0.29, 0.717) is 0 Å². The van der Waals surface area contributed by atoms with Gasteiger partial charge in [-0.25, -0.2) is 0 Å². The summed E-state index contributed by atoms with van der Waals surface area (Å²) in [5.41, 5.74) is 0. The summed E-state index contributed by atoms with van der Waals surface area (Å²) < 4.78 is 0. The number of hydrogen-bond acceptors (Lipinski definition) is 0. The molecule has 0 aliphatic heterocycles. The minimum atomic E-state index is -0.389. The summed E-state index contributed by atoms with van der Waals surface area (Å²) in [7, 11) is -0.389. The third kappa shape index (κ3) is 148. The molecule has 0 nitrogen and oxygen atoms in total. The highest BCUT2D eigenvalue weighted by atomic mass is 31.2. The minimum Gasteiger partial charge on any atom is -0.0149 e. The van der Waals surface area contributed by atoms with E-state index >= 15 is 0 Å². The van der Waals surface area contributed by atoms with Crippen molar-refractivity contribution < 1.29 is 0 Å². The Balaban J connectivity index is 0. The van der Waals surface area contributed by atoms with Crippen molar-refractivity contribution in [3.8, 4) is 0 Å². The summed E-state index contributed by atoms with van der Waals surface area (Å²) in [5, 5.41) is 0. The van der Waals surface area contributed by atoms with Gasteiger partial charge in [0.25, 0.3) is 0 Å². The lowest BCUT2D eigenvalue weighted by Crippen LogP contribution is -1.74. The monoisotopic (exact) mass is 123 g/mol. The molecule has 0 radical (unpaired) electrons. The van der Waals surface area contributed by atoms with Crippen molar-refractivity contribution in [1.82, 2.24) is 0 Å². The molecule has 0 saturated heterocycles. The predicted octanol–water partition coefficient (Wildman–Crippen LogP) is 0.0716. The van der Waals surface area contributed by atoms with Crippen LogP contribution in [0.25, 0.3) is 0 Å². The lowest BCUT2D eigenvalue weighted by molar-refractivity contribution is 1.95. The number of rotatable bonds is 0. The van der Waals surface area contributed by atoms with Crippen LogP contribution in [-0.4, -0.2) is 37.6 Å². The normalized spacial score (nSPS) is 10.0. The average Bonchev–Trinajstić information content (AvgIpc) is 0.722. The zero-order valence-corrected chi connectivity index (χ0v) is 5.34. The van der Waals surface area contributed by atoms with Gasteiger partial charge in [0, 0.05) is 33.9 Å². The highest BCUT2D eigenvalue weighted by molar-refractivity contribution is 7.72. The Kier molecular flexibility index (Phi) is 4.51. The smallest absolute Gasteiger partial charge is 0.0149 e. The lowest BCUT2D eigenvalue weighted by atomic mass is 11.8. The Morgan fingerprint density at radius 2 is 0.833 bits per heavy atom. The molecule has 0 unspecified atom stereocenters. The lowest BCUT2D eigenvalue weighted by Gasteiger charge is -1.97. The molecule has 0 saturated carbocycles. The van der Waals surface area contributed by atoms with Crippen molar-refractivity contribution in [3.05, 3.63) is 0 Å². The maximum atomic E-state index is 2.30. The van der Waals surface area contributed by atoms with Gasteiger partial charge in [-0.3, -0.25) is 0 Å². The molecule has 2 heteroatoms. The van der Waals surface area contributed by atoms with E-state index in [2.05, 4.69) is 26.7 Å². The van der Waals surface area contributed by atoms with Crippen molar-refractivity contribution in [2.24, 2.45) is 0 Å². The van der Waals surface area contributed by atoms with Gasteiger partial charge in [0.05, 0.1) is 0 Å². The van der Waals surface area contributed by atoms with E-state index in [4.69, 9.17) is 0 Å². The van der Waals surface area contributed by atoms with Crippen LogP contribution in [0, 0.1) is 0 Å². The quantitative estimate of drug-likeness (QED) is 0.316. The van der Waals surface area contributed by atoms with Gasteiger partial charge in [0.2, 0.25) is 0 Å². The first-order chi connectivity index (χ1) is 2.00. The first-order valence-electron chi connectivity index (χ1n) is 1.79. The molecule has 0 aromatic heterocycles. The Morgan fingerprint density at radius 3 is 0.833 bits per heavy atom. The molecular formula is C4H16PSi+. The zero-order chi connectivity index (χ0) is 4.50. The Hall–Kier alpha value is 0.647. The molecular weight excluding hydrogens is 107 g/mol. The van der Waals surface area contributed by atoms with Crippen LogP contribution in [0.1, 0.15) is 0 Å². The fraction of sp³-hybridized carbons (Fsp3) is 1.00. The first kappa shape index (κ1) is 9.82. The number of hydrogen-bond donors (Lipinski definition) is 0. The van der Waals surface area contributed by atoms with Crippen molar-refractivity contribution in [1.29, 1.82) is 0 Å². The summed E-state index contributed by atoms with van der Waals surface area (Å²) in [6.45, 7) is 9.19. The van der Waals surface area contributed by atoms with Crippen LogP contribution in [0.4, 0.5) is 0 Å². The van der Waals surface area contributed by atoms with E-state index in [-0.39, 0.29) is 18.2 Å². The first-order valence-corrected chi connectivity index (χ1v) is 5.37. The minimum absolute atomic E-state index is 0. The standard InChI is InChI=1S/C4H12P.H4Si/c1-5(2,3)4;/h1-4H3;1H4/q+1;. The summed E-state index contributed by atoms with van der Waals surface area (Å²) in [6.07, 6.45) is 0. The topological polar surface area (TPSA) is 0 Å². The van der Waals surface area contributed by atoms with Crippen LogP contribution < -0.4 is 0 Å². The van der Waals surface area contributed by atoms with Crippen LogP contribution in [0.3, 0.4) is 0 Å². The molecule has 0 atom stereocenters. The Labute approximate surface area is 45.7 Å². The van der Waals surface area contributed by atoms with Crippen molar-refractivity contribution in [2.45, 2.75) is 0 Å². The van der Waals surface area contributed by atoms with Gasteiger partial charge < -0.3 is 0 Å². The molecule has 0 rings (SSSR count). The molecule has 0 heterocycles. The Bertz CT molecular complexity index is 23.0. The molecule has 0 N–H and O–H groups in total. The maximum Gasteiger partial charge on any atom is 0.0481 e. The Morgan fingerprint density at radius 1 is 0.833 bits per heavy atom. The second-order valence-electron chi connectivity index (χ2n) is 2.68. The molecule has 40 valence electrons. The van der Waals surface area contributed by atoms with Gasteiger partial charge in [0.15, 0.2) is 0 Å². The fourth-order valence-corrected chi connectivity index (χ4v) is 0. The van der Waals surface area contributed by atoms with Crippen molar-refractivity contribution in [3.63, 3.8) is 0 Å². The molecule has 0 aliphatic carbocycles. The molecule has 0 amide bonds. The van der Waals surface area contributed by atoms with Crippen LogP contribution in [0.2, 0.25) is 0 Å². The van der Waals surface area contributed by atoms with E-state index in [0.717, 1.165) is 0 Å². The van der Waals surface area contributed by atoms with E-state index in [1.807, 2.05) is 0 Å². The predicted molar refractivity (Wildman–Crippen MR) is 42.0 cm³/mol. The molecule has 6 heavy (non-hydrogen) atoms. The van der Waals surface area contributed by atoms with Crippen LogP contribution >= 0.6 is 7.26 Å². The maximum absolute atomic E-state index is 2.30. The third-order valence-electron chi connectivity index (χ3n) is 0. The van der Waals surface area contributed by atoms with Gasteiger partial charge >= 0.3 is 0 Å². The highest BCUT2D eigenvalue weighted by Gasteiger charge is 2.03. The molecule has 0 bridgehead atoms. The average molecular weight is 123 g/mol. The van der Waals surface area contributed by atoms with Crippen LogP contribution in [0.15, 0.2) is 0 Å². The second-order valence-corrected chi connectivity index (χ2v) is 8.05. The van der Waals surface area contributed by atoms with Gasteiger partial charge in [-0.15, -0.1) is 0 Å². The van der Waals surface area contributed by atoms with Gasteiger partial charge in [-0.05, 0) is 11.0 Å². The zero-order valence-electron chi connectivity index (χ0n) is 4.45. The fourth-order valence-electron chi connectivity index (χ4n) is 0. The van der Waals surface area contributed by atoms with Crippen molar-refractivity contribution in [2.75, 3.05) is 26.7 Å². The molecule has 0 spiro atoms. The molecule has 0 aromatic rings. The summed E-state index contributed by atoms with van der Waals surface area (Å²) in [6, 6.07) is 0. The summed E-state index contributed by atoms with van der Waals surface area (Å²) >= 11 is 0. The SMILES string of the molecule is C[P+](C)(C)C.[SiH4]. The third-order valence-corrected chi connectivity index (χ3v) is 0. The summed E-state index contributed by atoms with van der Waals surface area (Å²) in [5.74, 6) is 0. The molecule has 0 aromatic carbocycles. The van der Waals surface area contributed by atoms with Crippen LogP contribution in [0.5, 0.6) is 0 Å². The van der Waals surface area contributed by atoms with Crippen molar-refractivity contribution >= 4 is 18.2 Å². The van der Waals surface area contributed by atoms with E-state index in [1.165, 1.54) is 0 Å². The molecule has 0 fully saturated rings. The van der Waals surface area contributed by atoms with Crippen LogP contribution in [-0.2, 0) is 0 Å². The van der Waals surface area contributed by atoms with E-state index in [1.54, 1.807) is 0 Å². The van der Waals surface area contributed by atoms with Gasteiger partial charge in [-0.2, -0.15) is 0 Å². The largest absolute Gasteiger partial charge is 0.0481 e. The highest BCUT2D eigenvalue weighted by Crippen LogP contribution is 2.40. The van der Waals surface area contributed by atoms with Gasteiger partial charge in [0.1, 0.15) is 0 Å². The second kappa shape index (κ2) is 2.76. The van der Waals surface area contributed by atoms with E-state index in [9.17, 15) is 0 Å².